The molecule has 0 aliphatic carbocycles. The van der Waals surface area contributed by atoms with Crippen LogP contribution in [0.1, 0.15) is 51.6 Å². The molecule has 0 radical (unpaired) electrons. The van der Waals surface area contributed by atoms with E-state index in [0.717, 1.165) is 31.9 Å². The van der Waals surface area contributed by atoms with Crippen LogP contribution in [0.5, 0.6) is 5.75 Å². The SMILES string of the molecule is CCCCCOc1cccc(C(CN)N(CC)CC)c1. The summed E-state index contributed by atoms with van der Waals surface area (Å²) in [6.45, 7) is 10.0. The lowest BCUT2D eigenvalue weighted by Crippen LogP contribution is -2.33. The Balaban J connectivity index is 2.69. The van der Waals surface area contributed by atoms with Crippen LogP contribution in [0.15, 0.2) is 24.3 Å². The number of ether oxygens (including phenoxy) is 1. The molecular weight excluding hydrogens is 248 g/mol. The Labute approximate surface area is 124 Å². The van der Waals surface area contributed by atoms with Crippen LogP contribution in [-0.2, 0) is 0 Å². The summed E-state index contributed by atoms with van der Waals surface area (Å²) in [5.74, 6) is 0.962. The maximum absolute atomic E-state index is 5.96. The van der Waals surface area contributed by atoms with Crippen molar-refractivity contribution in [1.82, 2.24) is 4.90 Å². The van der Waals surface area contributed by atoms with Gasteiger partial charge < -0.3 is 10.5 Å². The van der Waals surface area contributed by atoms with Gasteiger partial charge in [0.1, 0.15) is 5.75 Å². The number of nitrogens with two attached hydrogens (primary N) is 1. The van der Waals surface area contributed by atoms with Crippen LogP contribution >= 0.6 is 0 Å². The fraction of sp³-hybridized carbons (Fsp3) is 0.647. The third kappa shape index (κ3) is 5.14. The lowest BCUT2D eigenvalue weighted by Gasteiger charge is -2.29. The molecular formula is C17H30N2O. The fourth-order valence-electron chi connectivity index (χ4n) is 2.51. The summed E-state index contributed by atoms with van der Waals surface area (Å²) in [4.78, 5) is 2.39. The Morgan fingerprint density at radius 3 is 2.50 bits per heavy atom. The van der Waals surface area contributed by atoms with Gasteiger partial charge in [-0.05, 0) is 37.2 Å². The monoisotopic (exact) mass is 278 g/mol. The second-order valence-corrected chi connectivity index (χ2v) is 5.10. The van der Waals surface area contributed by atoms with E-state index in [1.54, 1.807) is 0 Å². The molecule has 20 heavy (non-hydrogen) atoms. The first kappa shape index (κ1) is 17.0. The molecule has 0 saturated carbocycles. The lowest BCUT2D eigenvalue weighted by atomic mass is 10.0. The van der Waals surface area contributed by atoms with E-state index in [1.807, 2.05) is 6.07 Å². The second kappa shape index (κ2) is 9.78. The lowest BCUT2D eigenvalue weighted by molar-refractivity contribution is 0.223. The maximum Gasteiger partial charge on any atom is 0.119 e. The third-order valence-electron chi connectivity index (χ3n) is 3.74. The van der Waals surface area contributed by atoms with Gasteiger partial charge in [-0.25, -0.2) is 0 Å². The van der Waals surface area contributed by atoms with Crippen molar-refractivity contribution < 1.29 is 4.74 Å². The highest BCUT2D eigenvalue weighted by atomic mass is 16.5. The number of rotatable bonds is 10. The zero-order chi connectivity index (χ0) is 14.8. The minimum absolute atomic E-state index is 0.282. The number of hydrogen-bond acceptors (Lipinski definition) is 3. The zero-order valence-corrected chi connectivity index (χ0v) is 13.3. The number of nitrogens with zero attached hydrogens (tertiary/aromatic N) is 1. The fourth-order valence-corrected chi connectivity index (χ4v) is 2.51. The first-order valence-corrected chi connectivity index (χ1v) is 7.93. The molecule has 0 saturated heterocycles. The predicted octanol–water partition coefficient (Wildman–Crippen LogP) is 3.60. The van der Waals surface area contributed by atoms with Crippen LogP contribution < -0.4 is 10.5 Å². The van der Waals surface area contributed by atoms with E-state index in [0.29, 0.717) is 6.54 Å². The minimum atomic E-state index is 0.282. The van der Waals surface area contributed by atoms with Crippen LogP contribution in [0.2, 0.25) is 0 Å². The van der Waals surface area contributed by atoms with E-state index >= 15 is 0 Å². The standard InChI is InChI=1S/C17H30N2O/c1-4-7-8-12-20-16-11-9-10-15(13-16)17(14-18)19(5-2)6-3/h9-11,13,17H,4-8,12,14,18H2,1-3H3. The van der Waals surface area contributed by atoms with Crippen LogP contribution in [0, 0.1) is 0 Å². The number of hydrogen-bond donors (Lipinski definition) is 1. The van der Waals surface area contributed by atoms with Crippen LogP contribution in [0.25, 0.3) is 0 Å². The Kier molecular flexibility index (Phi) is 8.31. The largest absolute Gasteiger partial charge is 0.494 e. The van der Waals surface area contributed by atoms with E-state index in [1.165, 1.54) is 18.4 Å². The molecule has 114 valence electrons. The van der Waals surface area contributed by atoms with E-state index in [4.69, 9.17) is 10.5 Å². The predicted molar refractivity (Wildman–Crippen MR) is 86.2 cm³/mol. The highest BCUT2D eigenvalue weighted by molar-refractivity contribution is 5.31. The molecule has 1 atom stereocenters. The van der Waals surface area contributed by atoms with Gasteiger partial charge in [0.25, 0.3) is 0 Å². The summed E-state index contributed by atoms with van der Waals surface area (Å²) < 4.78 is 5.83. The first-order valence-electron chi connectivity index (χ1n) is 7.93. The minimum Gasteiger partial charge on any atom is -0.494 e. The molecule has 0 aromatic heterocycles. The molecule has 0 heterocycles. The Bertz CT molecular complexity index is 364. The molecule has 1 rings (SSSR count). The summed E-state index contributed by atoms with van der Waals surface area (Å²) in [6, 6.07) is 8.67. The summed E-state index contributed by atoms with van der Waals surface area (Å²) in [5.41, 5.74) is 7.22. The molecule has 3 nitrogen and oxygen atoms in total. The van der Waals surface area contributed by atoms with Crippen molar-refractivity contribution in [2.45, 2.75) is 46.1 Å². The average molecular weight is 278 g/mol. The quantitative estimate of drug-likeness (QED) is 0.665. The Morgan fingerprint density at radius 2 is 1.90 bits per heavy atom. The summed E-state index contributed by atoms with van der Waals surface area (Å²) in [6.07, 6.45) is 3.57. The van der Waals surface area contributed by atoms with Gasteiger partial charge in [-0.1, -0.05) is 45.7 Å². The van der Waals surface area contributed by atoms with Gasteiger partial charge in [-0.3, -0.25) is 4.90 Å². The highest BCUT2D eigenvalue weighted by Gasteiger charge is 2.16. The van der Waals surface area contributed by atoms with Gasteiger partial charge in [-0.15, -0.1) is 0 Å². The molecule has 0 amide bonds. The van der Waals surface area contributed by atoms with E-state index in [2.05, 4.69) is 43.9 Å². The molecule has 1 unspecified atom stereocenters. The normalized spacial score (nSPS) is 12.7. The van der Waals surface area contributed by atoms with Crippen molar-refractivity contribution in [3.63, 3.8) is 0 Å². The number of benzene rings is 1. The molecule has 2 N–H and O–H groups in total. The number of unbranched alkanes of at least 4 members (excludes halogenated alkanes) is 2. The topological polar surface area (TPSA) is 38.5 Å². The molecule has 0 aliphatic rings. The van der Waals surface area contributed by atoms with Gasteiger partial charge in [0.05, 0.1) is 6.61 Å². The molecule has 1 aromatic rings. The van der Waals surface area contributed by atoms with Crippen molar-refractivity contribution in [3.05, 3.63) is 29.8 Å². The Morgan fingerprint density at radius 1 is 1.15 bits per heavy atom. The van der Waals surface area contributed by atoms with Crippen LogP contribution in [0.4, 0.5) is 0 Å². The smallest absolute Gasteiger partial charge is 0.119 e. The molecule has 1 aromatic carbocycles. The molecule has 0 aliphatic heterocycles. The van der Waals surface area contributed by atoms with Crippen LogP contribution in [0.3, 0.4) is 0 Å². The van der Waals surface area contributed by atoms with Crippen molar-refractivity contribution >= 4 is 0 Å². The number of likely N-dealkylation sites (N-methyl/N-ethyl adjacent to an activating group) is 1. The molecule has 0 spiro atoms. The maximum atomic E-state index is 5.96. The summed E-state index contributed by atoms with van der Waals surface area (Å²) in [5, 5.41) is 0. The van der Waals surface area contributed by atoms with Gasteiger partial charge in [0.15, 0.2) is 0 Å². The molecule has 3 heteroatoms. The van der Waals surface area contributed by atoms with Gasteiger partial charge in [0.2, 0.25) is 0 Å². The second-order valence-electron chi connectivity index (χ2n) is 5.10. The summed E-state index contributed by atoms with van der Waals surface area (Å²) >= 11 is 0. The van der Waals surface area contributed by atoms with Gasteiger partial charge in [-0.2, -0.15) is 0 Å². The highest BCUT2D eigenvalue weighted by Crippen LogP contribution is 2.23. The van der Waals surface area contributed by atoms with Crippen LogP contribution in [-0.4, -0.2) is 31.1 Å². The van der Waals surface area contributed by atoms with Crippen molar-refractivity contribution in [2.75, 3.05) is 26.2 Å². The third-order valence-corrected chi connectivity index (χ3v) is 3.74. The van der Waals surface area contributed by atoms with E-state index < -0.39 is 0 Å². The van der Waals surface area contributed by atoms with Gasteiger partial charge in [0, 0.05) is 12.6 Å². The van der Waals surface area contributed by atoms with Crippen molar-refractivity contribution in [1.29, 1.82) is 0 Å². The van der Waals surface area contributed by atoms with Gasteiger partial charge >= 0.3 is 0 Å². The van der Waals surface area contributed by atoms with Crippen molar-refractivity contribution in [3.8, 4) is 5.75 Å². The van der Waals surface area contributed by atoms with E-state index in [9.17, 15) is 0 Å². The summed E-state index contributed by atoms with van der Waals surface area (Å²) in [7, 11) is 0. The van der Waals surface area contributed by atoms with E-state index in [-0.39, 0.29) is 6.04 Å². The Hall–Kier alpha value is -1.06. The molecule has 0 bridgehead atoms. The molecule has 0 fully saturated rings. The zero-order valence-electron chi connectivity index (χ0n) is 13.3. The first-order chi connectivity index (χ1) is 9.76. The van der Waals surface area contributed by atoms with Crippen molar-refractivity contribution in [2.24, 2.45) is 5.73 Å². The average Bonchev–Trinajstić information content (AvgIpc) is 2.49.